The minimum absolute atomic E-state index is 0.115. The zero-order valence-electron chi connectivity index (χ0n) is 10.4. The first-order chi connectivity index (χ1) is 8.67. The summed E-state index contributed by atoms with van der Waals surface area (Å²) in [4.78, 5) is 24.4. The summed E-state index contributed by atoms with van der Waals surface area (Å²) in [5, 5.41) is 6.35. The molecule has 0 spiro atoms. The van der Waals surface area contributed by atoms with E-state index in [0.717, 1.165) is 37.9 Å². The number of hydrogen-bond acceptors (Lipinski definition) is 5. The molecular formula is C12H17N3O3. The molecule has 0 atom stereocenters. The Kier molecular flexibility index (Phi) is 4.09. The number of likely N-dealkylation sites (tertiary alicyclic amines) is 1. The summed E-state index contributed by atoms with van der Waals surface area (Å²) in [7, 11) is 0. The number of aryl methyl sites for hydroxylation is 1. The number of aldehydes is 1. The van der Waals surface area contributed by atoms with E-state index in [-0.39, 0.29) is 11.8 Å². The molecule has 6 heteroatoms. The lowest BCUT2D eigenvalue weighted by Gasteiger charge is -2.28. The Balaban J connectivity index is 1.76. The first kappa shape index (κ1) is 12.8. The van der Waals surface area contributed by atoms with Crippen molar-refractivity contribution < 1.29 is 14.1 Å². The molecule has 1 N–H and O–H groups in total. The van der Waals surface area contributed by atoms with Gasteiger partial charge in [0.2, 0.25) is 11.8 Å². The van der Waals surface area contributed by atoms with Gasteiger partial charge in [0, 0.05) is 12.0 Å². The summed E-state index contributed by atoms with van der Waals surface area (Å²) in [5.74, 6) is 0.414. The number of nitrogens with zero attached hydrogens (tertiary/aromatic N) is 2. The first-order valence-electron chi connectivity index (χ1n) is 6.08. The largest absolute Gasteiger partial charge is 0.338 e. The summed E-state index contributed by atoms with van der Waals surface area (Å²) in [6.07, 6.45) is 2.67. The third-order valence-corrected chi connectivity index (χ3v) is 3.08. The molecule has 0 aliphatic carbocycles. The predicted molar refractivity (Wildman–Crippen MR) is 65.1 cm³/mol. The highest BCUT2D eigenvalue weighted by Crippen LogP contribution is 2.15. The number of piperidine rings is 1. The van der Waals surface area contributed by atoms with Crippen LogP contribution in [0.4, 0.5) is 5.88 Å². The van der Waals surface area contributed by atoms with Gasteiger partial charge in [-0.25, -0.2) is 0 Å². The van der Waals surface area contributed by atoms with E-state index in [1.54, 1.807) is 13.0 Å². The fourth-order valence-corrected chi connectivity index (χ4v) is 2.05. The molecule has 1 aliphatic heterocycles. The quantitative estimate of drug-likeness (QED) is 0.802. The van der Waals surface area contributed by atoms with Crippen LogP contribution in [0.1, 0.15) is 18.5 Å². The van der Waals surface area contributed by atoms with Crippen LogP contribution in [0, 0.1) is 12.8 Å². The van der Waals surface area contributed by atoms with Gasteiger partial charge in [0.25, 0.3) is 0 Å². The van der Waals surface area contributed by atoms with Gasteiger partial charge >= 0.3 is 0 Å². The van der Waals surface area contributed by atoms with Gasteiger partial charge in [0.05, 0.1) is 12.2 Å². The van der Waals surface area contributed by atoms with Crippen molar-refractivity contribution in [1.29, 1.82) is 0 Å². The summed E-state index contributed by atoms with van der Waals surface area (Å²) in [6.45, 7) is 3.69. The average molecular weight is 251 g/mol. The Morgan fingerprint density at radius 2 is 2.33 bits per heavy atom. The lowest BCUT2D eigenvalue weighted by Crippen LogP contribution is -2.39. The van der Waals surface area contributed by atoms with E-state index in [4.69, 9.17) is 4.52 Å². The van der Waals surface area contributed by atoms with E-state index in [2.05, 4.69) is 10.5 Å². The number of rotatable bonds is 4. The maximum absolute atomic E-state index is 11.7. The van der Waals surface area contributed by atoms with E-state index >= 15 is 0 Å². The lowest BCUT2D eigenvalue weighted by molar-refractivity contribution is -0.118. The normalized spacial score (nSPS) is 17.6. The summed E-state index contributed by atoms with van der Waals surface area (Å²) in [5.41, 5.74) is 0.733. The molecule has 1 fully saturated rings. The smallest absolute Gasteiger partial charge is 0.240 e. The molecule has 1 saturated heterocycles. The third kappa shape index (κ3) is 3.40. The minimum Gasteiger partial charge on any atom is -0.338 e. The predicted octanol–water partition coefficient (Wildman–Crippen LogP) is 0.832. The van der Waals surface area contributed by atoms with Crippen LogP contribution in [0.15, 0.2) is 10.6 Å². The van der Waals surface area contributed by atoms with Crippen LogP contribution < -0.4 is 5.32 Å². The van der Waals surface area contributed by atoms with Gasteiger partial charge in [0.1, 0.15) is 6.29 Å². The highest BCUT2D eigenvalue weighted by Gasteiger charge is 2.20. The van der Waals surface area contributed by atoms with Crippen molar-refractivity contribution in [3.8, 4) is 0 Å². The molecule has 0 saturated carbocycles. The van der Waals surface area contributed by atoms with Crippen LogP contribution in [-0.2, 0) is 9.59 Å². The van der Waals surface area contributed by atoms with Crippen molar-refractivity contribution in [2.75, 3.05) is 25.0 Å². The second-order valence-corrected chi connectivity index (χ2v) is 4.63. The second-order valence-electron chi connectivity index (χ2n) is 4.63. The monoisotopic (exact) mass is 251 g/mol. The Morgan fingerprint density at radius 3 is 2.89 bits per heavy atom. The molecule has 0 bridgehead atoms. The van der Waals surface area contributed by atoms with Crippen molar-refractivity contribution >= 4 is 18.1 Å². The van der Waals surface area contributed by atoms with Crippen molar-refractivity contribution in [2.45, 2.75) is 19.8 Å². The van der Waals surface area contributed by atoms with Gasteiger partial charge in [-0.15, -0.1) is 0 Å². The van der Waals surface area contributed by atoms with E-state index < -0.39 is 0 Å². The number of aromatic nitrogens is 1. The van der Waals surface area contributed by atoms with Crippen molar-refractivity contribution in [3.63, 3.8) is 0 Å². The topological polar surface area (TPSA) is 75.4 Å². The van der Waals surface area contributed by atoms with E-state index in [9.17, 15) is 9.59 Å². The maximum Gasteiger partial charge on any atom is 0.240 e. The zero-order chi connectivity index (χ0) is 13.0. The van der Waals surface area contributed by atoms with E-state index in [0.29, 0.717) is 12.4 Å². The van der Waals surface area contributed by atoms with Crippen LogP contribution >= 0.6 is 0 Å². The van der Waals surface area contributed by atoms with Crippen LogP contribution in [0.3, 0.4) is 0 Å². The number of nitrogens with one attached hydrogen (secondary N) is 1. The molecule has 1 aliphatic rings. The lowest BCUT2D eigenvalue weighted by atomic mass is 9.99. The summed E-state index contributed by atoms with van der Waals surface area (Å²) in [6, 6.07) is 1.68. The van der Waals surface area contributed by atoms with E-state index in [1.165, 1.54) is 0 Å². The standard InChI is InChI=1S/C12H17N3O3/c1-9-6-12(18-14-9)13-11(17)7-15-4-2-10(8-16)3-5-15/h6,8,10H,2-5,7H2,1H3,(H,13,17). The molecule has 2 rings (SSSR count). The first-order valence-corrected chi connectivity index (χ1v) is 6.08. The van der Waals surface area contributed by atoms with Crippen molar-refractivity contribution in [2.24, 2.45) is 5.92 Å². The van der Waals surface area contributed by atoms with Crippen LogP contribution in [0.5, 0.6) is 0 Å². The molecule has 18 heavy (non-hydrogen) atoms. The molecule has 0 radical (unpaired) electrons. The summed E-state index contributed by atoms with van der Waals surface area (Å²) >= 11 is 0. The molecule has 0 unspecified atom stereocenters. The Labute approximate surface area is 105 Å². The van der Waals surface area contributed by atoms with Gasteiger partial charge in [-0.05, 0) is 32.9 Å². The average Bonchev–Trinajstić information content (AvgIpc) is 2.75. The van der Waals surface area contributed by atoms with Gasteiger partial charge in [-0.2, -0.15) is 0 Å². The van der Waals surface area contributed by atoms with Crippen molar-refractivity contribution in [3.05, 3.63) is 11.8 Å². The highest BCUT2D eigenvalue weighted by molar-refractivity contribution is 5.90. The molecule has 1 aromatic rings. The molecule has 1 amide bonds. The Bertz CT molecular complexity index is 422. The Morgan fingerprint density at radius 1 is 1.61 bits per heavy atom. The number of carbonyl (C=O) groups is 2. The zero-order valence-corrected chi connectivity index (χ0v) is 10.4. The third-order valence-electron chi connectivity index (χ3n) is 3.08. The maximum atomic E-state index is 11.7. The van der Waals surface area contributed by atoms with E-state index in [1.807, 2.05) is 4.90 Å². The fraction of sp³-hybridized carbons (Fsp3) is 0.583. The molecule has 6 nitrogen and oxygen atoms in total. The molecular weight excluding hydrogens is 234 g/mol. The van der Waals surface area contributed by atoms with Crippen LogP contribution in [-0.4, -0.2) is 41.9 Å². The second kappa shape index (κ2) is 5.77. The minimum atomic E-state index is -0.115. The number of carbonyl (C=O) groups excluding carboxylic acids is 2. The van der Waals surface area contributed by atoms with Crippen LogP contribution in [0.2, 0.25) is 0 Å². The van der Waals surface area contributed by atoms with Gasteiger partial charge in [0.15, 0.2) is 0 Å². The number of amides is 1. The van der Waals surface area contributed by atoms with Gasteiger partial charge < -0.3 is 9.32 Å². The number of anilines is 1. The molecule has 1 aromatic heterocycles. The molecule has 2 heterocycles. The SMILES string of the molecule is Cc1cc(NC(=O)CN2CCC(C=O)CC2)on1. The fourth-order valence-electron chi connectivity index (χ4n) is 2.05. The Hall–Kier alpha value is -1.69. The summed E-state index contributed by atoms with van der Waals surface area (Å²) < 4.78 is 4.91. The molecule has 98 valence electrons. The van der Waals surface area contributed by atoms with Crippen molar-refractivity contribution in [1.82, 2.24) is 10.1 Å². The van der Waals surface area contributed by atoms with Gasteiger partial charge in [-0.1, -0.05) is 5.16 Å². The van der Waals surface area contributed by atoms with Gasteiger partial charge in [-0.3, -0.25) is 15.0 Å². The highest BCUT2D eigenvalue weighted by atomic mass is 16.5. The van der Waals surface area contributed by atoms with Crippen LogP contribution in [0.25, 0.3) is 0 Å². The molecule has 0 aromatic carbocycles. The number of hydrogen-bond donors (Lipinski definition) is 1.